The van der Waals surface area contributed by atoms with Crippen molar-refractivity contribution in [2.24, 2.45) is 0 Å². The maximum Gasteiger partial charge on any atom is 0.317 e. The van der Waals surface area contributed by atoms with E-state index in [0.29, 0.717) is 0 Å². The summed E-state index contributed by atoms with van der Waals surface area (Å²) < 4.78 is 0. The van der Waals surface area contributed by atoms with Crippen molar-refractivity contribution in [3.8, 4) is 12.3 Å². The summed E-state index contributed by atoms with van der Waals surface area (Å²) in [6.07, 6.45) is 6.89. The minimum atomic E-state index is -1.06. The monoisotopic (exact) mass is 250 g/mol. The van der Waals surface area contributed by atoms with E-state index in [4.69, 9.17) is 11.5 Å². The molecule has 0 aromatic carbocycles. The van der Waals surface area contributed by atoms with Crippen molar-refractivity contribution in [2.45, 2.75) is 31.3 Å². The van der Waals surface area contributed by atoms with E-state index < -0.39 is 12.0 Å². The molecule has 1 heterocycles. The number of hydrogen-bond acceptors (Lipinski definition) is 4. The van der Waals surface area contributed by atoms with Gasteiger partial charge in [-0.15, -0.1) is 6.42 Å². The van der Waals surface area contributed by atoms with Gasteiger partial charge in [0.1, 0.15) is 0 Å². The molecule has 1 unspecified atom stereocenters. The molecular formula is C12H14N2O4. The summed E-state index contributed by atoms with van der Waals surface area (Å²) in [7, 11) is 0. The number of amides is 2. The van der Waals surface area contributed by atoms with E-state index in [0.717, 1.165) is 12.8 Å². The topological polar surface area (TPSA) is 77.9 Å². The Bertz CT molecular complexity index is 436. The first-order chi connectivity index (χ1) is 8.54. The van der Waals surface area contributed by atoms with Gasteiger partial charge in [0.05, 0.1) is 25.6 Å². The van der Waals surface area contributed by atoms with Crippen LogP contribution in [0.15, 0.2) is 0 Å². The summed E-state index contributed by atoms with van der Waals surface area (Å²) >= 11 is 0. The molecular weight excluding hydrogens is 236 g/mol. The lowest BCUT2D eigenvalue weighted by Crippen LogP contribution is -2.45. The van der Waals surface area contributed by atoms with Crippen molar-refractivity contribution >= 4 is 17.8 Å². The number of hydrogen-bond donors (Lipinski definition) is 1. The Balaban J connectivity index is 2.11. The first kappa shape index (κ1) is 12.6. The lowest BCUT2D eigenvalue weighted by molar-refractivity contribution is -0.141. The van der Waals surface area contributed by atoms with Crippen LogP contribution in [0, 0.1) is 12.3 Å². The average molecular weight is 250 g/mol. The number of carbonyl (C=O) groups excluding carboxylic acids is 2. The molecule has 0 aromatic rings. The molecule has 6 nitrogen and oxygen atoms in total. The van der Waals surface area contributed by atoms with Crippen molar-refractivity contribution in [1.29, 1.82) is 0 Å². The van der Waals surface area contributed by atoms with E-state index in [1.165, 1.54) is 9.80 Å². The normalized spacial score (nSPS) is 23.6. The largest absolute Gasteiger partial charge is 0.480 e. The zero-order valence-corrected chi connectivity index (χ0v) is 9.83. The highest BCUT2D eigenvalue weighted by Gasteiger charge is 2.48. The van der Waals surface area contributed by atoms with Crippen LogP contribution in [-0.2, 0) is 14.4 Å². The second kappa shape index (κ2) is 4.78. The Labute approximate surface area is 105 Å². The maximum absolute atomic E-state index is 12.1. The number of likely N-dealkylation sites (tertiary alicyclic amines) is 1. The van der Waals surface area contributed by atoms with E-state index in [1.807, 2.05) is 0 Å². The predicted octanol–water partition coefficient (Wildman–Crippen LogP) is -0.704. The molecule has 0 aromatic heterocycles. The minimum Gasteiger partial charge on any atom is -0.480 e. The molecule has 1 atom stereocenters. The molecule has 96 valence electrons. The van der Waals surface area contributed by atoms with Crippen molar-refractivity contribution < 1.29 is 19.5 Å². The van der Waals surface area contributed by atoms with Crippen molar-refractivity contribution in [3.63, 3.8) is 0 Å². The molecule has 6 heteroatoms. The number of nitrogens with zero attached hydrogens (tertiary/aromatic N) is 2. The Hall–Kier alpha value is -1.87. The summed E-state index contributed by atoms with van der Waals surface area (Å²) in [4.78, 5) is 37.2. The third-order valence-electron chi connectivity index (χ3n) is 3.14. The zero-order valence-electron chi connectivity index (χ0n) is 9.83. The SMILES string of the molecule is C#CCN(CC(=O)O)C1CC(=O)N(C2CC2)C1=O. The smallest absolute Gasteiger partial charge is 0.317 e. The van der Waals surface area contributed by atoms with Crippen molar-refractivity contribution in [3.05, 3.63) is 0 Å². The fourth-order valence-electron chi connectivity index (χ4n) is 2.20. The van der Waals surface area contributed by atoms with Crippen LogP contribution in [0.3, 0.4) is 0 Å². The molecule has 1 saturated carbocycles. The fourth-order valence-corrected chi connectivity index (χ4v) is 2.20. The molecule has 0 radical (unpaired) electrons. The second-order valence-corrected chi connectivity index (χ2v) is 4.56. The van der Waals surface area contributed by atoms with Gasteiger partial charge in [0, 0.05) is 6.04 Å². The molecule has 0 spiro atoms. The van der Waals surface area contributed by atoms with Crippen LogP contribution in [-0.4, -0.2) is 57.9 Å². The fraction of sp³-hybridized carbons (Fsp3) is 0.583. The van der Waals surface area contributed by atoms with E-state index in [9.17, 15) is 14.4 Å². The summed E-state index contributed by atoms with van der Waals surface area (Å²) in [6.45, 7) is -0.277. The van der Waals surface area contributed by atoms with Crippen LogP contribution in [0.1, 0.15) is 19.3 Å². The van der Waals surface area contributed by atoms with E-state index in [-0.39, 0.29) is 37.4 Å². The molecule has 2 amide bonds. The molecule has 1 aliphatic carbocycles. The highest BCUT2D eigenvalue weighted by atomic mass is 16.4. The summed E-state index contributed by atoms with van der Waals surface area (Å²) in [6, 6.07) is -0.697. The maximum atomic E-state index is 12.1. The standard InChI is InChI=1S/C12H14N2O4/c1-2-5-13(7-11(16)17)9-6-10(15)14(12(9)18)8-3-4-8/h1,8-9H,3-7H2,(H,16,17). The highest BCUT2D eigenvalue weighted by molar-refractivity contribution is 6.06. The number of carboxylic acid groups (broad SMARTS) is 1. The average Bonchev–Trinajstić information content (AvgIpc) is 3.05. The highest BCUT2D eigenvalue weighted by Crippen LogP contribution is 2.32. The molecule has 0 bridgehead atoms. The Morgan fingerprint density at radius 3 is 2.67 bits per heavy atom. The van der Waals surface area contributed by atoms with Gasteiger partial charge in [-0.1, -0.05) is 5.92 Å². The van der Waals surface area contributed by atoms with Gasteiger partial charge in [-0.05, 0) is 12.8 Å². The van der Waals surface area contributed by atoms with Gasteiger partial charge in [-0.3, -0.25) is 24.2 Å². The number of terminal acetylenes is 1. The third kappa shape index (κ3) is 2.36. The first-order valence-corrected chi connectivity index (χ1v) is 5.79. The minimum absolute atomic E-state index is 0.0208. The van der Waals surface area contributed by atoms with Crippen LogP contribution < -0.4 is 0 Å². The van der Waals surface area contributed by atoms with Crippen molar-refractivity contribution in [1.82, 2.24) is 9.80 Å². The predicted molar refractivity (Wildman–Crippen MR) is 61.3 cm³/mol. The van der Waals surface area contributed by atoms with Gasteiger partial charge in [-0.25, -0.2) is 0 Å². The third-order valence-corrected chi connectivity index (χ3v) is 3.14. The van der Waals surface area contributed by atoms with Crippen LogP contribution in [0.25, 0.3) is 0 Å². The van der Waals surface area contributed by atoms with E-state index in [2.05, 4.69) is 5.92 Å². The molecule has 2 rings (SSSR count). The van der Waals surface area contributed by atoms with Crippen molar-refractivity contribution in [2.75, 3.05) is 13.1 Å². The van der Waals surface area contributed by atoms with Crippen LogP contribution in [0.4, 0.5) is 0 Å². The molecule has 2 fully saturated rings. The van der Waals surface area contributed by atoms with Gasteiger partial charge >= 0.3 is 5.97 Å². The van der Waals surface area contributed by atoms with E-state index >= 15 is 0 Å². The number of aliphatic carboxylic acids is 1. The van der Waals surface area contributed by atoms with Crippen LogP contribution in [0.2, 0.25) is 0 Å². The van der Waals surface area contributed by atoms with Crippen LogP contribution >= 0.6 is 0 Å². The lowest BCUT2D eigenvalue weighted by Gasteiger charge is -2.23. The van der Waals surface area contributed by atoms with Crippen LogP contribution in [0.5, 0.6) is 0 Å². The first-order valence-electron chi connectivity index (χ1n) is 5.79. The van der Waals surface area contributed by atoms with Gasteiger partial charge in [0.15, 0.2) is 0 Å². The Morgan fingerprint density at radius 1 is 1.50 bits per heavy atom. The number of carbonyl (C=O) groups is 3. The summed E-state index contributed by atoms with van der Waals surface area (Å²) in [5.41, 5.74) is 0. The quantitative estimate of drug-likeness (QED) is 0.515. The number of rotatable bonds is 5. The molecule has 1 saturated heterocycles. The Morgan fingerprint density at radius 2 is 2.17 bits per heavy atom. The second-order valence-electron chi connectivity index (χ2n) is 4.56. The number of carboxylic acids is 1. The van der Waals surface area contributed by atoms with Gasteiger partial charge < -0.3 is 5.11 Å². The number of imide groups is 1. The van der Waals surface area contributed by atoms with E-state index in [1.54, 1.807) is 0 Å². The summed E-state index contributed by atoms with van der Waals surface area (Å²) in [5.74, 6) is 0.737. The molecule has 1 N–H and O–H groups in total. The summed E-state index contributed by atoms with van der Waals surface area (Å²) in [5, 5.41) is 8.79. The Kier molecular flexibility index (Phi) is 3.34. The van der Waals surface area contributed by atoms with Gasteiger partial charge in [-0.2, -0.15) is 0 Å². The lowest BCUT2D eigenvalue weighted by atomic mass is 10.2. The molecule has 1 aliphatic heterocycles. The zero-order chi connectivity index (χ0) is 13.3. The molecule has 18 heavy (non-hydrogen) atoms. The van der Waals surface area contributed by atoms with Gasteiger partial charge in [0.2, 0.25) is 11.8 Å². The van der Waals surface area contributed by atoms with Gasteiger partial charge in [0.25, 0.3) is 0 Å². The molecule has 2 aliphatic rings.